The zero-order valence-corrected chi connectivity index (χ0v) is 17.3. The number of benzene rings is 1. The van der Waals surface area contributed by atoms with Crippen molar-refractivity contribution in [3.05, 3.63) is 72.9 Å². The van der Waals surface area contributed by atoms with Gasteiger partial charge in [-0.1, -0.05) is 30.3 Å². The van der Waals surface area contributed by atoms with E-state index >= 15 is 0 Å². The molecule has 29 heavy (non-hydrogen) atoms. The molecule has 1 amide bonds. The van der Waals surface area contributed by atoms with Crippen molar-refractivity contribution in [3.63, 3.8) is 0 Å². The van der Waals surface area contributed by atoms with E-state index in [1.54, 1.807) is 18.6 Å². The van der Waals surface area contributed by atoms with Crippen molar-refractivity contribution >= 4 is 30.7 Å². The summed E-state index contributed by atoms with van der Waals surface area (Å²) in [6.45, 7) is 2.35. The first-order valence-corrected chi connectivity index (χ1v) is 9.00. The molecule has 2 N–H and O–H groups in total. The van der Waals surface area contributed by atoms with Crippen molar-refractivity contribution in [3.8, 4) is 5.75 Å². The quantitative estimate of drug-likeness (QED) is 0.743. The lowest BCUT2D eigenvalue weighted by atomic mass is 9.99. The molecule has 1 fully saturated rings. The van der Waals surface area contributed by atoms with Crippen LogP contribution in [0.1, 0.15) is 5.56 Å². The van der Waals surface area contributed by atoms with E-state index in [9.17, 15) is 4.79 Å². The van der Waals surface area contributed by atoms with E-state index in [0.29, 0.717) is 25.4 Å². The maximum atomic E-state index is 13.5. The number of halogens is 2. The molecule has 2 aliphatic rings. The highest BCUT2D eigenvalue weighted by atomic mass is 35.5. The van der Waals surface area contributed by atoms with Crippen LogP contribution in [0.2, 0.25) is 0 Å². The molecule has 1 aromatic heterocycles. The molecule has 1 saturated heterocycles. The van der Waals surface area contributed by atoms with Crippen LogP contribution in [-0.2, 0) is 15.3 Å². The Morgan fingerprint density at radius 2 is 2.07 bits per heavy atom. The number of nitrogens with one attached hydrogen (secondary N) is 2. The van der Waals surface area contributed by atoms with Gasteiger partial charge in [0.2, 0.25) is 0 Å². The molecule has 156 valence electrons. The summed E-state index contributed by atoms with van der Waals surface area (Å²) < 4.78 is 11.7. The fraction of sp³-hybridized carbons (Fsp3) is 0.300. The molecule has 0 spiro atoms. The Morgan fingerprint density at radius 1 is 1.24 bits per heavy atom. The highest BCUT2D eigenvalue weighted by molar-refractivity contribution is 5.87. The van der Waals surface area contributed by atoms with Gasteiger partial charge >= 0.3 is 0 Å². The number of pyridine rings is 1. The summed E-state index contributed by atoms with van der Waals surface area (Å²) in [6.07, 6.45) is 6.55. The van der Waals surface area contributed by atoms with Gasteiger partial charge < -0.3 is 25.0 Å². The van der Waals surface area contributed by atoms with E-state index in [2.05, 4.69) is 15.6 Å². The number of hydrogen-bond acceptors (Lipinski definition) is 6. The van der Waals surface area contributed by atoms with Gasteiger partial charge in [0.25, 0.3) is 11.6 Å². The molecule has 9 heteroatoms. The third kappa shape index (κ3) is 4.75. The molecular formula is C20H24Cl2N4O3. The molecule has 0 aliphatic carbocycles. The van der Waals surface area contributed by atoms with E-state index in [4.69, 9.17) is 9.47 Å². The van der Waals surface area contributed by atoms with Crippen molar-refractivity contribution in [2.75, 3.05) is 26.2 Å². The Balaban J connectivity index is 0.00000150. The molecule has 0 saturated carbocycles. The first-order valence-electron chi connectivity index (χ1n) is 9.00. The van der Waals surface area contributed by atoms with Gasteiger partial charge in [-0.15, -0.1) is 24.8 Å². The Hall–Kier alpha value is -2.48. The Labute approximate surface area is 182 Å². The number of nitrogens with zero attached hydrogens (tertiary/aromatic N) is 2. The standard InChI is InChI=1S/C20H22N4O3.2ClH/c25-19(20(23-10-12-27-20)16-5-2-1-3-6-16)24-11-9-22-13-17(24)15-26-18-7-4-8-21-14-18;;/h1-8,10,12,14,17,22-23H,9,11,13,15H2;2*1H. The lowest BCUT2D eigenvalue weighted by Crippen LogP contribution is -2.62. The van der Waals surface area contributed by atoms with Crippen molar-refractivity contribution in [1.82, 2.24) is 20.5 Å². The van der Waals surface area contributed by atoms with Gasteiger partial charge in [-0.25, -0.2) is 0 Å². The highest BCUT2D eigenvalue weighted by Gasteiger charge is 2.48. The first kappa shape index (κ1) is 22.8. The molecule has 7 nitrogen and oxygen atoms in total. The van der Waals surface area contributed by atoms with Gasteiger partial charge in [-0.05, 0) is 12.1 Å². The summed E-state index contributed by atoms with van der Waals surface area (Å²) in [5.74, 6) is 0.560. The largest absolute Gasteiger partial charge is 0.490 e. The van der Waals surface area contributed by atoms with Crippen LogP contribution in [0.4, 0.5) is 0 Å². The normalized spacial score (nSPS) is 22.5. The minimum Gasteiger partial charge on any atom is -0.490 e. The molecule has 1 aromatic carbocycles. The Kier molecular flexibility index (Phi) is 8.13. The Morgan fingerprint density at radius 3 is 2.76 bits per heavy atom. The minimum absolute atomic E-state index is 0. The number of piperazine rings is 1. The molecule has 2 unspecified atom stereocenters. The van der Waals surface area contributed by atoms with E-state index in [1.807, 2.05) is 47.4 Å². The van der Waals surface area contributed by atoms with Gasteiger partial charge in [-0.3, -0.25) is 9.78 Å². The molecule has 2 atom stereocenters. The monoisotopic (exact) mass is 438 g/mol. The maximum Gasteiger partial charge on any atom is 0.293 e. The van der Waals surface area contributed by atoms with Crippen LogP contribution < -0.4 is 15.4 Å². The van der Waals surface area contributed by atoms with Crippen LogP contribution in [-0.4, -0.2) is 48.1 Å². The van der Waals surface area contributed by atoms with Crippen LogP contribution in [0, 0.1) is 0 Å². The van der Waals surface area contributed by atoms with Crippen molar-refractivity contribution in [2.24, 2.45) is 0 Å². The highest BCUT2D eigenvalue weighted by Crippen LogP contribution is 2.30. The second kappa shape index (κ2) is 10.3. The second-order valence-corrected chi connectivity index (χ2v) is 6.47. The van der Waals surface area contributed by atoms with E-state index in [-0.39, 0.29) is 36.8 Å². The molecule has 2 aliphatic heterocycles. The summed E-state index contributed by atoms with van der Waals surface area (Å²) in [6, 6.07) is 13.1. The smallest absolute Gasteiger partial charge is 0.293 e. The third-order valence-corrected chi connectivity index (χ3v) is 4.77. The predicted molar refractivity (Wildman–Crippen MR) is 114 cm³/mol. The zero-order valence-electron chi connectivity index (χ0n) is 15.7. The van der Waals surface area contributed by atoms with Gasteiger partial charge in [0.15, 0.2) is 0 Å². The van der Waals surface area contributed by atoms with Crippen LogP contribution in [0.15, 0.2) is 67.3 Å². The van der Waals surface area contributed by atoms with Gasteiger partial charge in [0.05, 0.1) is 12.2 Å². The number of hydrogen-bond donors (Lipinski definition) is 2. The van der Waals surface area contributed by atoms with Gasteiger partial charge in [-0.2, -0.15) is 0 Å². The third-order valence-electron chi connectivity index (χ3n) is 4.77. The lowest BCUT2D eigenvalue weighted by Gasteiger charge is -2.40. The molecule has 2 aromatic rings. The lowest BCUT2D eigenvalue weighted by molar-refractivity contribution is -0.158. The van der Waals surface area contributed by atoms with Crippen molar-refractivity contribution in [2.45, 2.75) is 11.8 Å². The minimum atomic E-state index is -1.23. The van der Waals surface area contributed by atoms with Crippen LogP contribution in [0.3, 0.4) is 0 Å². The van der Waals surface area contributed by atoms with Crippen LogP contribution in [0.25, 0.3) is 0 Å². The van der Waals surface area contributed by atoms with E-state index < -0.39 is 5.72 Å². The SMILES string of the molecule is Cl.Cl.O=C(N1CCNCC1COc1cccnc1)C1(c2ccccc2)NC=CO1. The number of aromatic nitrogens is 1. The molecular weight excluding hydrogens is 415 g/mol. The van der Waals surface area contributed by atoms with Crippen LogP contribution >= 0.6 is 24.8 Å². The van der Waals surface area contributed by atoms with Gasteiger partial charge in [0, 0.05) is 37.6 Å². The number of ether oxygens (including phenoxy) is 2. The topological polar surface area (TPSA) is 75.7 Å². The Bertz CT molecular complexity index is 800. The maximum absolute atomic E-state index is 13.5. The number of carbonyl (C=O) groups excluding carboxylic acids is 1. The van der Waals surface area contributed by atoms with Gasteiger partial charge in [0.1, 0.15) is 18.6 Å². The molecule has 3 heterocycles. The summed E-state index contributed by atoms with van der Waals surface area (Å²) in [4.78, 5) is 19.4. The van der Waals surface area contributed by atoms with Crippen molar-refractivity contribution < 1.29 is 14.3 Å². The second-order valence-electron chi connectivity index (χ2n) is 6.47. The predicted octanol–water partition coefficient (Wildman–Crippen LogP) is 2.05. The molecule has 4 rings (SSSR count). The number of amides is 1. The fourth-order valence-electron chi connectivity index (χ4n) is 3.39. The first-order chi connectivity index (χ1) is 13.3. The zero-order chi connectivity index (χ0) is 18.5. The summed E-state index contributed by atoms with van der Waals surface area (Å²) in [5.41, 5.74) is -0.462. The fourth-order valence-corrected chi connectivity index (χ4v) is 3.39. The average Bonchev–Trinajstić information content (AvgIpc) is 3.25. The molecule has 0 radical (unpaired) electrons. The summed E-state index contributed by atoms with van der Waals surface area (Å²) >= 11 is 0. The molecule has 0 bridgehead atoms. The number of rotatable bonds is 5. The van der Waals surface area contributed by atoms with E-state index in [1.165, 1.54) is 6.26 Å². The summed E-state index contributed by atoms with van der Waals surface area (Å²) in [7, 11) is 0. The van der Waals surface area contributed by atoms with E-state index in [0.717, 1.165) is 12.1 Å². The van der Waals surface area contributed by atoms with Crippen LogP contribution in [0.5, 0.6) is 5.75 Å². The average molecular weight is 439 g/mol. The number of carbonyl (C=O) groups is 1. The summed E-state index contributed by atoms with van der Waals surface area (Å²) in [5, 5.41) is 6.45. The van der Waals surface area contributed by atoms with Crippen molar-refractivity contribution in [1.29, 1.82) is 0 Å².